The van der Waals surface area contributed by atoms with Crippen molar-refractivity contribution in [3.8, 4) is 0 Å². The number of aromatic nitrogens is 1. The van der Waals surface area contributed by atoms with Gasteiger partial charge < -0.3 is 20.7 Å². The van der Waals surface area contributed by atoms with Crippen LogP contribution in [0.3, 0.4) is 0 Å². The number of thiazole rings is 1. The van der Waals surface area contributed by atoms with Gasteiger partial charge in [-0.1, -0.05) is 50.9 Å². The third kappa shape index (κ3) is 8.21. The van der Waals surface area contributed by atoms with Gasteiger partial charge in [-0.05, 0) is 44.6 Å². The first kappa shape index (κ1) is 30.6. The van der Waals surface area contributed by atoms with E-state index in [4.69, 9.17) is 22.1 Å². The minimum atomic E-state index is -1.27. The summed E-state index contributed by atoms with van der Waals surface area (Å²) in [6.45, 7) is 9.39. The second-order valence-corrected chi connectivity index (χ2v) is 11.7. The highest BCUT2D eigenvalue weighted by Gasteiger charge is 2.43. The van der Waals surface area contributed by atoms with E-state index >= 15 is 0 Å². The number of nitrogens with two attached hydrogens (primary N) is 1. The number of esters is 1. The van der Waals surface area contributed by atoms with Crippen LogP contribution in [-0.2, 0) is 20.9 Å². The van der Waals surface area contributed by atoms with Crippen LogP contribution in [0.5, 0.6) is 0 Å². The number of rotatable bonds is 4. The molecule has 9 heteroatoms. The van der Waals surface area contributed by atoms with E-state index in [2.05, 4.69) is 4.98 Å². The zero-order valence-electron chi connectivity index (χ0n) is 22.0. The van der Waals surface area contributed by atoms with Crippen molar-refractivity contribution in [2.75, 3.05) is 0 Å². The van der Waals surface area contributed by atoms with Crippen molar-refractivity contribution in [2.24, 2.45) is 23.0 Å². The SMILES string of the molecule is CC[C@H]1C(=O)C(C)(C)[C@@H](O)CC(=O)O[C@H](C(Cl)=Cc2csc(CN)n2)C/C=C(/C)CCC[C@H](C)[C@@H]1O. The van der Waals surface area contributed by atoms with Crippen molar-refractivity contribution >= 4 is 40.8 Å². The van der Waals surface area contributed by atoms with Crippen LogP contribution < -0.4 is 5.73 Å². The van der Waals surface area contributed by atoms with Crippen LogP contribution in [0.4, 0.5) is 0 Å². The number of ketones is 1. The molecule has 0 bridgehead atoms. The first-order valence-electron chi connectivity index (χ1n) is 12.7. The molecule has 0 saturated heterocycles. The number of halogens is 1. The molecule has 0 unspecified atom stereocenters. The Kier molecular flexibility index (Phi) is 11.8. The lowest BCUT2D eigenvalue weighted by atomic mass is 9.71. The number of carbonyl (C=O) groups excluding carboxylic acids is 2. The van der Waals surface area contributed by atoms with Gasteiger partial charge in [0.15, 0.2) is 0 Å². The summed E-state index contributed by atoms with van der Waals surface area (Å²) >= 11 is 8.02. The number of Topliss-reactive ketones (excluding diaryl/α,β-unsaturated/α-hetero) is 1. The van der Waals surface area contributed by atoms with Gasteiger partial charge in [0.1, 0.15) is 16.9 Å². The van der Waals surface area contributed by atoms with Gasteiger partial charge >= 0.3 is 5.97 Å². The van der Waals surface area contributed by atoms with E-state index in [1.54, 1.807) is 19.9 Å². The maximum Gasteiger partial charge on any atom is 0.309 e. The Morgan fingerprint density at radius 3 is 2.67 bits per heavy atom. The van der Waals surface area contributed by atoms with Gasteiger partial charge in [0.25, 0.3) is 0 Å². The van der Waals surface area contributed by atoms with Crippen LogP contribution in [-0.4, -0.2) is 45.3 Å². The molecule has 1 aliphatic rings. The van der Waals surface area contributed by atoms with E-state index in [-0.39, 0.29) is 18.1 Å². The topological polar surface area (TPSA) is 123 Å². The van der Waals surface area contributed by atoms with Gasteiger partial charge in [0.2, 0.25) is 0 Å². The molecule has 1 aromatic heterocycles. The first-order chi connectivity index (χ1) is 16.9. The van der Waals surface area contributed by atoms with Crippen LogP contribution in [0.2, 0.25) is 0 Å². The summed E-state index contributed by atoms with van der Waals surface area (Å²) in [5, 5.41) is 24.8. The van der Waals surface area contributed by atoms with Crippen LogP contribution in [0.15, 0.2) is 22.1 Å². The minimum absolute atomic E-state index is 0.0702. The van der Waals surface area contributed by atoms with Crippen LogP contribution >= 0.6 is 22.9 Å². The smallest absolute Gasteiger partial charge is 0.309 e. The zero-order chi connectivity index (χ0) is 27.0. The molecule has 202 valence electrons. The molecule has 7 nitrogen and oxygen atoms in total. The third-order valence-corrected chi connectivity index (χ3v) is 8.36. The van der Waals surface area contributed by atoms with Gasteiger partial charge in [-0.3, -0.25) is 9.59 Å². The normalized spacial score (nSPS) is 31.0. The predicted octanol–water partition coefficient (Wildman–Crippen LogP) is 4.98. The highest BCUT2D eigenvalue weighted by atomic mass is 35.5. The molecule has 1 aliphatic heterocycles. The Morgan fingerprint density at radius 2 is 2.06 bits per heavy atom. The largest absolute Gasteiger partial charge is 0.456 e. The monoisotopic (exact) mass is 540 g/mol. The minimum Gasteiger partial charge on any atom is -0.456 e. The summed E-state index contributed by atoms with van der Waals surface area (Å²) in [6.07, 6.45) is 3.74. The summed E-state index contributed by atoms with van der Waals surface area (Å²) in [6, 6.07) is 0. The molecule has 2 heterocycles. The maximum absolute atomic E-state index is 13.4. The number of hydrogen-bond donors (Lipinski definition) is 3. The summed E-state index contributed by atoms with van der Waals surface area (Å²) in [7, 11) is 0. The Bertz CT molecular complexity index is 958. The molecule has 0 saturated carbocycles. The number of cyclic esters (lactones) is 1. The summed E-state index contributed by atoms with van der Waals surface area (Å²) in [5.74, 6) is -1.59. The first-order valence-corrected chi connectivity index (χ1v) is 13.9. The van der Waals surface area contributed by atoms with Crippen LogP contribution in [0.25, 0.3) is 6.08 Å². The van der Waals surface area contributed by atoms with Gasteiger partial charge in [-0.15, -0.1) is 11.3 Å². The number of aliphatic hydroxyl groups excluding tert-OH is 2. The fraction of sp³-hybridized carbons (Fsp3) is 0.667. The van der Waals surface area contributed by atoms with Crippen molar-refractivity contribution in [1.82, 2.24) is 4.98 Å². The van der Waals surface area contributed by atoms with Gasteiger partial charge in [-0.2, -0.15) is 0 Å². The van der Waals surface area contributed by atoms with Crippen LogP contribution in [0, 0.1) is 17.3 Å². The second kappa shape index (κ2) is 13.8. The van der Waals surface area contributed by atoms with Crippen molar-refractivity contribution in [3.63, 3.8) is 0 Å². The highest BCUT2D eigenvalue weighted by Crippen LogP contribution is 2.34. The van der Waals surface area contributed by atoms with E-state index in [1.807, 2.05) is 32.2 Å². The Morgan fingerprint density at radius 1 is 1.36 bits per heavy atom. The molecule has 4 N–H and O–H groups in total. The lowest BCUT2D eigenvalue weighted by Crippen LogP contribution is -2.46. The molecule has 36 heavy (non-hydrogen) atoms. The molecule has 5 atom stereocenters. The van der Waals surface area contributed by atoms with Gasteiger partial charge in [0, 0.05) is 24.3 Å². The standard InChI is InChI=1S/C27H41ClN2O5S/c1-6-19-25(33)17(3)9-7-8-16(2)10-11-21(20(28)12-18-15-36-23(14-29)30-18)35-24(32)13-22(31)27(4,5)26(19)34/h10,12,15,17,19,21-22,25,31,33H,6-9,11,13-14,29H2,1-5H3/b16-10-,20-12?/t17-,19+,21-,22-,25-/m0/s1. The Hall–Kier alpha value is -1.58. The third-order valence-electron chi connectivity index (χ3n) is 7.12. The number of carbonyl (C=O) groups is 2. The molecule has 0 amide bonds. The summed E-state index contributed by atoms with van der Waals surface area (Å²) in [5.41, 5.74) is 6.17. The second-order valence-electron chi connectivity index (χ2n) is 10.3. The lowest BCUT2D eigenvalue weighted by Gasteiger charge is -2.35. The number of aliphatic hydroxyl groups is 2. The number of ether oxygens (including phenoxy) is 1. The molecule has 2 rings (SSSR count). The molecule has 1 aromatic rings. The molecule has 0 fully saturated rings. The fourth-order valence-electron chi connectivity index (χ4n) is 4.46. The molecule has 0 aromatic carbocycles. The molecule has 0 radical (unpaired) electrons. The van der Waals surface area contributed by atoms with Crippen LogP contribution in [0.1, 0.15) is 83.8 Å². The van der Waals surface area contributed by atoms with E-state index in [1.165, 1.54) is 11.3 Å². The quantitative estimate of drug-likeness (QED) is 0.363. The van der Waals surface area contributed by atoms with E-state index < -0.39 is 35.6 Å². The van der Waals surface area contributed by atoms with Crippen molar-refractivity contribution < 1.29 is 24.5 Å². The average molecular weight is 541 g/mol. The molecular formula is C27H41ClN2O5S. The Labute approximate surface area is 223 Å². The fourth-order valence-corrected chi connectivity index (χ4v) is 5.34. The number of nitrogens with zero attached hydrogens (tertiary/aromatic N) is 1. The molecular weight excluding hydrogens is 500 g/mol. The zero-order valence-corrected chi connectivity index (χ0v) is 23.6. The molecule has 0 aliphatic carbocycles. The summed E-state index contributed by atoms with van der Waals surface area (Å²) in [4.78, 5) is 30.6. The van der Waals surface area contributed by atoms with E-state index in [9.17, 15) is 19.8 Å². The average Bonchev–Trinajstić information content (AvgIpc) is 3.28. The number of allylic oxidation sites excluding steroid dienone is 1. The van der Waals surface area contributed by atoms with Crippen molar-refractivity contribution in [2.45, 2.75) is 98.0 Å². The van der Waals surface area contributed by atoms with Crippen molar-refractivity contribution in [3.05, 3.63) is 32.8 Å². The number of hydrogen-bond acceptors (Lipinski definition) is 8. The molecule has 0 spiro atoms. The maximum atomic E-state index is 13.4. The van der Waals surface area contributed by atoms with Crippen molar-refractivity contribution in [1.29, 1.82) is 0 Å². The highest BCUT2D eigenvalue weighted by molar-refractivity contribution is 7.09. The summed E-state index contributed by atoms with van der Waals surface area (Å²) < 4.78 is 5.70. The van der Waals surface area contributed by atoms with Gasteiger partial charge in [0.05, 0.1) is 34.8 Å². The Balaban J connectivity index is 2.35. The van der Waals surface area contributed by atoms with Gasteiger partial charge in [-0.25, -0.2) is 4.98 Å². The van der Waals surface area contributed by atoms with E-state index in [0.29, 0.717) is 30.1 Å². The van der Waals surface area contributed by atoms with E-state index in [0.717, 1.165) is 29.8 Å². The lowest BCUT2D eigenvalue weighted by molar-refractivity contribution is -0.154. The predicted molar refractivity (Wildman–Crippen MR) is 144 cm³/mol.